The number of hydrogen-bond donors (Lipinski definition) is 2. The zero-order valence-corrected chi connectivity index (χ0v) is 12.2. The monoisotopic (exact) mass is 270 g/mol. The molecule has 0 bridgehead atoms. The number of nitrogens with zero attached hydrogens (tertiary/aromatic N) is 1. The van der Waals surface area contributed by atoms with Crippen LogP contribution in [0.1, 0.15) is 46.5 Å². The van der Waals surface area contributed by atoms with Crippen LogP contribution >= 0.6 is 0 Å². The first-order valence-corrected chi connectivity index (χ1v) is 7.15. The van der Waals surface area contributed by atoms with Gasteiger partial charge in [0.2, 0.25) is 11.8 Å². The molecule has 1 aliphatic rings. The molecule has 0 aromatic heterocycles. The van der Waals surface area contributed by atoms with Crippen molar-refractivity contribution in [3.8, 4) is 0 Å². The second-order valence-corrected chi connectivity index (χ2v) is 5.64. The molecular weight excluding hydrogens is 244 g/mol. The molecule has 110 valence electrons. The van der Waals surface area contributed by atoms with E-state index in [1.54, 1.807) is 4.90 Å². The number of likely N-dealkylation sites (tertiary alicyclic amines) is 1. The van der Waals surface area contributed by atoms with Gasteiger partial charge in [-0.1, -0.05) is 26.7 Å². The second-order valence-electron chi connectivity index (χ2n) is 5.64. The third-order valence-corrected chi connectivity index (χ3v) is 3.66. The zero-order chi connectivity index (χ0) is 14.4. The summed E-state index contributed by atoms with van der Waals surface area (Å²) < 4.78 is 0. The topological polar surface area (TPSA) is 69.6 Å². The lowest BCUT2D eigenvalue weighted by Gasteiger charge is -2.33. The van der Waals surface area contributed by atoms with Crippen molar-refractivity contribution in [3.63, 3.8) is 0 Å². The highest BCUT2D eigenvalue weighted by atomic mass is 16.3. The smallest absolute Gasteiger partial charge is 0.245 e. The third kappa shape index (κ3) is 4.49. The van der Waals surface area contributed by atoms with Gasteiger partial charge in [0.15, 0.2) is 0 Å². The third-order valence-electron chi connectivity index (χ3n) is 3.66. The van der Waals surface area contributed by atoms with E-state index in [2.05, 4.69) is 5.32 Å². The van der Waals surface area contributed by atoms with Crippen molar-refractivity contribution in [2.45, 2.75) is 58.5 Å². The summed E-state index contributed by atoms with van der Waals surface area (Å²) in [5.41, 5.74) is 0. The fourth-order valence-electron chi connectivity index (χ4n) is 2.57. The van der Waals surface area contributed by atoms with Crippen molar-refractivity contribution in [1.82, 2.24) is 10.2 Å². The van der Waals surface area contributed by atoms with Crippen LogP contribution in [0.2, 0.25) is 0 Å². The highest BCUT2D eigenvalue weighted by Crippen LogP contribution is 2.19. The molecule has 0 aromatic rings. The van der Waals surface area contributed by atoms with Gasteiger partial charge in [0.05, 0.1) is 12.6 Å². The van der Waals surface area contributed by atoms with E-state index in [-0.39, 0.29) is 30.4 Å². The molecule has 1 heterocycles. The van der Waals surface area contributed by atoms with Crippen molar-refractivity contribution >= 4 is 11.8 Å². The molecule has 19 heavy (non-hydrogen) atoms. The Morgan fingerprint density at radius 3 is 2.53 bits per heavy atom. The number of aliphatic hydroxyl groups excluding tert-OH is 1. The molecule has 2 N–H and O–H groups in total. The summed E-state index contributed by atoms with van der Waals surface area (Å²) in [6.45, 7) is 5.94. The minimum absolute atomic E-state index is 0.00335. The van der Waals surface area contributed by atoms with E-state index in [4.69, 9.17) is 0 Å². The quantitative estimate of drug-likeness (QED) is 0.798. The van der Waals surface area contributed by atoms with Crippen LogP contribution in [0.25, 0.3) is 0 Å². The number of carbonyl (C=O) groups excluding carboxylic acids is 2. The summed E-state index contributed by atoms with van der Waals surface area (Å²) in [5.74, 6) is -0.215. The minimum Gasteiger partial charge on any atom is -0.394 e. The van der Waals surface area contributed by atoms with Gasteiger partial charge in [-0.3, -0.25) is 9.59 Å². The van der Waals surface area contributed by atoms with Gasteiger partial charge in [0.1, 0.15) is 6.04 Å². The lowest BCUT2D eigenvalue weighted by atomic mass is 10.0. The van der Waals surface area contributed by atoms with Crippen LogP contribution in [0.4, 0.5) is 0 Å². The minimum atomic E-state index is -0.496. The maximum absolute atomic E-state index is 12.6. The largest absolute Gasteiger partial charge is 0.394 e. The molecule has 2 unspecified atom stereocenters. The van der Waals surface area contributed by atoms with Crippen molar-refractivity contribution in [2.24, 2.45) is 5.92 Å². The average Bonchev–Trinajstić information content (AvgIpc) is 2.59. The summed E-state index contributed by atoms with van der Waals surface area (Å²) in [7, 11) is 0. The molecule has 5 nitrogen and oxygen atoms in total. The van der Waals surface area contributed by atoms with Gasteiger partial charge in [-0.25, -0.2) is 0 Å². The number of hydrogen-bond acceptors (Lipinski definition) is 3. The molecule has 0 radical (unpaired) electrons. The predicted octanol–water partition coefficient (Wildman–Crippen LogP) is 0.911. The van der Waals surface area contributed by atoms with Crippen LogP contribution in [0.5, 0.6) is 0 Å². The Hall–Kier alpha value is -1.10. The molecule has 0 aliphatic carbocycles. The van der Waals surface area contributed by atoms with E-state index in [1.165, 1.54) is 6.92 Å². The molecule has 2 amide bonds. The molecule has 0 spiro atoms. The lowest BCUT2D eigenvalue weighted by Crippen LogP contribution is -2.54. The van der Waals surface area contributed by atoms with Gasteiger partial charge in [-0.2, -0.15) is 0 Å². The van der Waals surface area contributed by atoms with Crippen molar-refractivity contribution in [3.05, 3.63) is 0 Å². The molecule has 5 heteroatoms. The fraction of sp³-hybridized carbons (Fsp3) is 0.857. The van der Waals surface area contributed by atoms with Gasteiger partial charge in [0.25, 0.3) is 0 Å². The maximum atomic E-state index is 12.6. The molecule has 1 fully saturated rings. The number of amides is 2. The van der Waals surface area contributed by atoms with Gasteiger partial charge in [0, 0.05) is 13.5 Å². The number of aliphatic hydroxyl groups is 1. The predicted molar refractivity (Wildman–Crippen MR) is 73.5 cm³/mol. The molecule has 2 atom stereocenters. The van der Waals surface area contributed by atoms with Crippen LogP contribution < -0.4 is 5.32 Å². The van der Waals surface area contributed by atoms with Crippen LogP contribution in [0.15, 0.2) is 0 Å². The van der Waals surface area contributed by atoms with Gasteiger partial charge in [-0.05, 0) is 18.8 Å². The Morgan fingerprint density at radius 1 is 1.32 bits per heavy atom. The summed E-state index contributed by atoms with van der Waals surface area (Å²) >= 11 is 0. The van der Waals surface area contributed by atoms with Crippen molar-refractivity contribution in [2.75, 3.05) is 13.2 Å². The average molecular weight is 270 g/mol. The van der Waals surface area contributed by atoms with Crippen molar-refractivity contribution < 1.29 is 14.7 Å². The Labute approximate surface area is 115 Å². The molecule has 1 saturated heterocycles. The van der Waals surface area contributed by atoms with E-state index in [1.807, 2.05) is 13.8 Å². The maximum Gasteiger partial charge on any atom is 0.245 e. The van der Waals surface area contributed by atoms with E-state index in [9.17, 15) is 14.7 Å². The Balaban J connectivity index is 2.82. The summed E-state index contributed by atoms with van der Waals surface area (Å²) in [5, 5.41) is 12.2. The first-order chi connectivity index (χ1) is 8.97. The fourth-order valence-corrected chi connectivity index (χ4v) is 2.57. The van der Waals surface area contributed by atoms with Crippen LogP contribution in [0.3, 0.4) is 0 Å². The Kier molecular flexibility index (Phi) is 6.28. The Bertz CT molecular complexity index is 318. The first-order valence-electron chi connectivity index (χ1n) is 7.15. The summed E-state index contributed by atoms with van der Waals surface area (Å²) in [4.78, 5) is 25.6. The summed E-state index contributed by atoms with van der Waals surface area (Å²) in [6.07, 6.45) is 3.94. The molecule has 0 saturated carbocycles. The number of nitrogens with one attached hydrogen (secondary N) is 1. The highest BCUT2D eigenvalue weighted by Gasteiger charge is 2.32. The lowest BCUT2D eigenvalue weighted by molar-refractivity contribution is -0.140. The molecule has 1 rings (SSSR count). The normalized spacial score (nSPS) is 21.9. The van der Waals surface area contributed by atoms with Crippen LogP contribution in [-0.4, -0.2) is 47.1 Å². The Morgan fingerprint density at radius 2 is 2.00 bits per heavy atom. The number of rotatable bonds is 4. The first kappa shape index (κ1) is 16.0. The van der Waals surface area contributed by atoms with Gasteiger partial charge >= 0.3 is 0 Å². The van der Waals surface area contributed by atoms with E-state index < -0.39 is 6.04 Å². The van der Waals surface area contributed by atoms with Crippen LogP contribution in [0, 0.1) is 5.92 Å². The molecule has 0 aromatic carbocycles. The standard InChI is InChI=1S/C14H26N2O3/c1-10(2)13(15-11(3)18)14(19)16-8-6-4-5-7-12(16)9-17/h10,12-13,17H,4-9H2,1-3H3,(H,15,18). The van der Waals surface area contributed by atoms with Crippen molar-refractivity contribution in [1.29, 1.82) is 0 Å². The van der Waals surface area contributed by atoms with Gasteiger partial charge < -0.3 is 15.3 Å². The van der Waals surface area contributed by atoms with Crippen LogP contribution in [-0.2, 0) is 9.59 Å². The van der Waals surface area contributed by atoms with E-state index in [0.717, 1.165) is 25.7 Å². The van der Waals surface area contributed by atoms with Gasteiger partial charge in [-0.15, -0.1) is 0 Å². The zero-order valence-electron chi connectivity index (χ0n) is 12.2. The van der Waals surface area contributed by atoms with E-state index >= 15 is 0 Å². The SMILES string of the molecule is CC(=O)NC(C(=O)N1CCCCCC1CO)C(C)C. The molecule has 1 aliphatic heterocycles. The molecular formula is C14H26N2O3. The number of carbonyl (C=O) groups is 2. The highest BCUT2D eigenvalue weighted by molar-refractivity contribution is 5.87. The van der Waals surface area contributed by atoms with E-state index in [0.29, 0.717) is 6.54 Å². The summed E-state index contributed by atoms with van der Waals surface area (Å²) in [6, 6.07) is -0.602. The second kappa shape index (κ2) is 7.48.